The van der Waals surface area contributed by atoms with E-state index in [1.54, 1.807) is 28.9 Å². The number of phenolic OH excluding ortho intramolecular Hbond substituents is 1. The molecule has 6 heterocycles. The van der Waals surface area contributed by atoms with Gasteiger partial charge in [0.05, 0.1) is 62.0 Å². The number of amides is 4. The number of esters is 1. The second-order valence-electron chi connectivity index (χ2n) is 18.8. The molecule has 2 aromatic carbocycles. The van der Waals surface area contributed by atoms with Crippen LogP contribution in [-0.2, 0) is 38.0 Å². The number of phenols is 1. The summed E-state index contributed by atoms with van der Waals surface area (Å²) in [5.74, 6) is 0.106. The molecule has 0 spiro atoms. The van der Waals surface area contributed by atoms with E-state index in [2.05, 4.69) is 13.2 Å². The second kappa shape index (κ2) is 27.4. The van der Waals surface area contributed by atoms with Gasteiger partial charge in [0.2, 0.25) is 0 Å². The van der Waals surface area contributed by atoms with Crippen LogP contribution in [0.3, 0.4) is 0 Å². The maximum atomic E-state index is 14.0. The number of hydrogen-bond donors (Lipinski definition) is 1. The van der Waals surface area contributed by atoms with Crippen molar-refractivity contribution in [3.05, 3.63) is 60.7 Å². The molecule has 8 rings (SSSR count). The number of benzene rings is 2. The summed E-state index contributed by atoms with van der Waals surface area (Å²) in [6, 6.07) is 5.36. The van der Waals surface area contributed by atoms with Crippen molar-refractivity contribution in [3.8, 4) is 23.0 Å². The summed E-state index contributed by atoms with van der Waals surface area (Å²) in [4.78, 5) is 72.5. The maximum absolute atomic E-state index is 14.0. The second-order valence-corrected chi connectivity index (χ2v) is 18.8. The lowest BCUT2D eigenvalue weighted by atomic mass is 10.00. The van der Waals surface area contributed by atoms with Gasteiger partial charge in [-0.3, -0.25) is 14.4 Å². The van der Waals surface area contributed by atoms with E-state index < -0.39 is 37.2 Å². The monoisotopic (exact) mass is 1030 g/mol. The molecule has 4 unspecified atom stereocenters. The van der Waals surface area contributed by atoms with E-state index in [0.29, 0.717) is 107 Å². The smallest absolute Gasteiger partial charge is 0.416 e. The first-order chi connectivity index (χ1) is 36.0. The Labute approximate surface area is 433 Å². The number of methoxy groups -OCH3 is 2. The predicted molar refractivity (Wildman–Crippen MR) is 271 cm³/mol. The van der Waals surface area contributed by atoms with E-state index in [1.807, 2.05) is 0 Å². The SMILES string of the molecule is C=CCOC(=O)N1c2cc(O)c(OC)cc2C(=O)N2CCCC[C@H]2C1OC1CCCCO1.C=CCOC(=O)N1c2cc(OCCCCCC(=O)OCC)c(OC)cc2C(=O)N2CCCC[C@H]2C1OC1CCCCO1. The standard InChI is InChI=1S/C31H44N2O9.C23H30N2O7/c1-4-17-41-31(36)33-24-21-26(39-18-11-6-7-14-27(34)38-5-2)25(37-3)20-22(24)29(35)32-16-10-8-13-23(32)30(33)42-28-15-9-12-19-40-28;1-3-11-31-23(28)25-17-14-18(26)19(29-2)13-15(17)21(27)24-10-6-4-8-16(24)22(25)32-20-9-5-7-12-30-20/h4,20-21,23,28,30H,1,5-19H2,2-3H3;3,13-14,16,20,22,26H,1,4-12H2,2H3/t23-,28?,30?;16-,20?,22?/m00/s1. The summed E-state index contributed by atoms with van der Waals surface area (Å²) >= 11 is 0. The Morgan fingerprint density at radius 3 is 1.65 bits per heavy atom. The molecule has 406 valence electrons. The molecule has 6 aliphatic heterocycles. The normalized spacial score (nSPS) is 23.4. The van der Waals surface area contributed by atoms with E-state index in [4.69, 9.17) is 47.4 Å². The molecule has 74 heavy (non-hydrogen) atoms. The quantitative estimate of drug-likeness (QED) is 0.0641. The molecule has 4 amide bonds. The average molecular weight is 1040 g/mol. The minimum absolute atomic E-state index is 0.00177. The van der Waals surface area contributed by atoms with Crippen LogP contribution >= 0.6 is 0 Å². The van der Waals surface area contributed by atoms with Gasteiger partial charge in [0, 0.05) is 44.9 Å². The highest BCUT2D eigenvalue weighted by Gasteiger charge is 2.49. The van der Waals surface area contributed by atoms with Crippen LogP contribution in [0.2, 0.25) is 0 Å². The molecule has 0 saturated carbocycles. The van der Waals surface area contributed by atoms with Gasteiger partial charge < -0.3 is 62.3 Å². The van der Waals surface area contributed by atoms with Gasteiger partial charge in [-0.15, -0.1) is 0 Å². The highest BCUT2D eigenvalue weighted by atomic mass is 16.7. The molecule has 0 aromatic heterocycles. The maximum Gasteiger partial charge on any atom is 0.416 e. The Morgan fingerprint density at radius 1 is 0.649 bits per heavy atom. The van der Waals surface area contributed by atoms with E-state index >= 15 is 0 Å². The molecule has 20 heteroatoms. The van der Waals surface area contributed by atoms with Crippen LogP contribution in [0.15, 0.2) is 49.6 Å². The third kappa shape index (κ3) is 13.4. The molecule has 0 aliphatic carbocycles. The number of hydrogen-bond acceptors (Lipinski definition) is 16. The number of piperidine rings is 2. The Hall–Kier alpha value is -6.09. The lowest BCUT2D eigenvalue weighted by Gasteiger charge is -2.42. The Bertz CT molecular complexity index is 2270. The van der Waals surface area contributed by atoms with Crippen molar-refractivity contribution < 1.29 is 76.4 Å². The van der Waals surface area contributed by atoms with Gasteiger partial charge in [-0.1, -0.05) is 25.3 Å². The molecule has 0 bridgehead atoms. The number of carbonyl (C=O) groups is 5. The van der Waals surface area contributed by atoms with E-state index in [1.165, 1.54) is 48.3 Å². The fraction of sp³-hybridized carbons (Fsp3) is 0.611. The van der Waals surface area contributed by atoms with Crippen molar-refractivity contribution in [1.29, 1.82) is 0 Å². The van der Waals surface area contributed by atoms with Gasteiger partial charge in [0.1, 0.15) is 13.2 Å². The molecular weight excluding hydrogens is 961 g/mol. The number of anilines is 2. The summed E-state index contributed by atoms with van der Waals surface area (Å²) in [7, 11) is 2.93. The first-order valence-corrected chi connectivity index (χ1v) is 26.2. The molecule has 2 aromatic rings. The van der Waals surface area contributed by atoms with Crippen LogP contribution in [0.5, 0.6) is 23.0 Å². The van der Waals surface area contributed by atoms with Crippen molar-refractivity contribution >= 4 is 41.3 Å². The lowest BCUT2D eigenvalue weighted by Crippen LogP contribution is -2.57. The van der Waals surface area contributed by atoms with Gasteiger partial charge in [-0.05, 0) is 115 Å². The molecule has 4 saturated heterocycles. The number of rotatable bonds is 18. The van der Waals surface area contributed by atoms with Gasteiger partial charge in [0.25, 0.3) is 11.8 Å². The first kappa shape index (κ1) is 55.7. The Kier molecular flexibility index (Phi) is 20.6. The summed E-state index contributed by atoms with van der Waals surface area (Å²) in [5.41, 5.74) is 1.12. The zero-order valence-electron chi connectivity index (χ0n) is 43.2. The zero-order valence-corrected chi connectivity index (χ0v) is 43.2. The number of carbonyl (C=O) groups excluding carboxylic acids is 5. The van der Waals surface area contributed by atoms with Crippen LogP contribution in [0.4, 0.5) is 21.0 Å². The zero-order chi connectivity index (χ0) is 52.6. The van der Waals surface area contributed by atoms with Gasteiger partial charge in [-0.25, -0.2) is 19.4 Å². The summed E-state index contributed by atoms with van der Waals surface area (Å²) < 4.78 is 57.5. The van der Waals surface area contributed by atoms with Crippen LogP contribution in [0.1, 0.15) is 130 Å². The van der Waals surface area contributed by atoms with Gasteiger partial charge in [0.15, 0.2) is 48.0 Å². The van der Waals surface area contributed by atoms with Crippen LogP contribution in [-0.4, -0.2) is 149 Å². The Balaban J connectivity index is 0.000000224. The Morgan fingerprint density at radius 2 is 1.16 bits per heavy atom. The van der Waals surface area contributed by atoms with E-state index in [9.17, 15) is 29.1 Å². The summed E-state index contributed by atoms with van der Waals surface area (Å²) in [5, 5.41) is 10.5. The molecular formula is C54H74N4O16. The van der Waals surface area contributed by atoms with Crippen molar-refractivity contribution in [3.63, 3.8) is 0 Å². The molecule has 1 N–H and O–H groups in total. The fourth-order valence-corrected chi connectivity index (χ4v) is 10.2. The van der Waals surface area contributed by atoms with Crippen molar-refractivity contribution in [2.24, 2.45) is 0 Å². The third-order valence-corrected chi connectivity index (χ3v) is 13.8. The number of fused-ring (bicyclic) bond motifs is 4. The molecule has 6 atom stereocenters. The van der Waals surface area contributed by atoms with Gasteiger partial charge in [-0.2, -0.15) is 0 Å². The van der Waals surface area contributed by atoms with Crippen LogP contribution < -0.4 is 24.0 Å². The van der Waals surface area contributed by atoms with Crippen molar-refractivity contribution in [2.45, 2.75) is 147 Å². The van der Waals surface area contributed by atoms with Crippen molar-refractivity contribution in [2.75, 3.05) is 76.8 Å². The third-order valence-electron chi connectivity index (χ3n) is 13.8. The van der Waals surface area contributed by atoms with Crippen LogP contribution in [0, 0.1) is 0 Å². The fourth-order valence-electron chi connectivity index (χ4n) is 10.2. The topological polar surface area (TPSA) is 211 Å². The minimum Gasteiger partial charge on any atom is -0.504 e. The summed E-state index contributed by atoms with van der Waals surface area (Å²) in [6.07, 6.45) is 11.6. The average Bonchev–Trinajstić information content (AvgIpc) is 3.58. The first-order valence-electron chi connectivity index (χ1n) is 26.2. The summed E-state index contributed by atoms with van der Waals surface area (Å²) in [6.45, 7) is 12.1. The van der Waals surface area contributed by atoms with Crippen molar-refractivity contribution in [1.82, 2.24) is 9.80 Å². The highest BCUT2D eigenvalue weighted by Crippen LogP contribution is 2.44. The number of aromatic hydroxyl groups is 1. The minimum atomic E-state index is -0.825. The van der Waals surface area contributed by atoms with Crippen LogP contribution in [0.25, 0.3) is 0 Å². The largest absolute Gasteiger partial charge is 0.504 e. The van der Waals surface area contributed by atoms with E-state index in [-0.39, 0.29) is 65.8 Å². The predicted octanol–water partition coefficient (Wildman–Crippen LogP) is 8.61. The number of nitrogens with zero attached hydrogens (tertiary/aromatic N) is 4. The molecule has 4 fully saturated rings. The molecule has 0 radical (unpaired) electrons. The van der Waals surface area contributed by atoms with E-state index in [0.717, 1.165) is 57.8 Å². The molecule has 6 aliphatic rings. The van der Waals surface area contributed by atoms with Gasteiger partial charge >= 0.3 is 18.2 Å². The molecule has 20 nitrogen and oxygen atoms in total. The highest BCUT2D eigenvalue weighted by molar-refractivity contribution is 6.07. The lowest BCUT2D eigenvalue weighted by molar-refractivity contribution is -0.199. The number of ether oxygens (including phenoxy) is 10. The number of unbranched alkanes of at least 4 members (excludes halogenated alkanes) is 2.